The third-order valence-electron chi connectivity index (χ3n) is 3.05. The molecule has 2 heterocycles. The fourth-order valence-corrected chi connectivity index (χ4v) is 2.16. The molecule has 0 bridgehead atoms. The van der Waals surface area contributed by atoms with Crippen LogP contribution in [0.4, 0.5) is 15.4 Å². The Bertz CT molecular complexity index is 881. The van der Waals surface area contributed by atoms with E-state index < -0.39 is 35.9 Å². The second-order valence-electron chi connectivity index (χ2n) is 7.93. The molecule has 2 rings (SSSR count). The van der Waals surface area contributed by atoms with Crippen molar-refractivity contribution < 1.29 is 29.0 Å². The highest BCUT2D eigenvalue weighted by Gasteiger charge is 2.35. The van der Waals surface area contributed by atoms with Gasteiger partial charge in [-0.3, -0.25) is 4.79 Å². The van der Waals surface area contributed by atoms with Gasteiger partial charge in [-0.25, -0.2) is 24.5 Å². The molecule has 0 aliphatic carbocycles. The van der Waals surface area contributed by atoms with Crippen LogP contribution in [0.1, 0.15) is 41.5 Å². The Morgan fingerprint density at radius 3 is 2.00 bits per heavy atom. The van der Waals surface area contributed by atoms with Crippen molar-refractivity contribution in [2.75, 3.05) is 4.90 Å². The van der Waals surface area contributed by atoms with Crippen molar-refractivity contribution >= 4 is 35.1 Å². The highest BCUT2D eigenvalue weighted by Crippen LogP contribution is 2.25. The van der Waals surface area contributed by atoms with Crippen molar-refractivity contribution in [3.63, 3.8) is 0 Å². The van der Waals surface area contributed by atoms with Crippen LogP contribution in [0.3, 0.4) is 0 Å². The van der Waals surface area contributed by atoms with Crippen molar-refractivity contribution in [3.8, 4) is 0 Å². The highest BCUT2D eigenvalue weighted by atomic mass is 16.6. The predicted octanol–water partition coefficient (Wildman–Crippen LogP) is 2.59. The smallest absolute Gasteiger partial charge is 0.425 e. The van der Waals surface area contributed by atoms with Crippen LogP contribution in [0, 0.1) is 0 Å². The van der Waals surface area contributed by atoms with Gasteiger partial charge in [-0.15, -0.1) is 0 Å². The van der Waals surface area contributed by atoms with Gasteiger partial charge in [0.1, 0.15) is 24.1 Å². The average molecular weight is 393 g/mol. The molecule has 11 nitrogen and oxygen atoms in total. The van der Waals surface area contributed by atoms with Crippen LogP contribution in [0.15, 0.2) is 12.7 Å². The van der Waals surface area contributed by atoms with Crippen molar-refractivity contribution in [1.29, 1.82) is 0 Å². The summed E-state index contributed by atoms with van der Waals surface area (Å²) in [5, 5.41) is 9.00. The van der Waals surface area contributed by atoms with Crippen LogP contribution in [0.5, 0.6) is 0 Å². The van der Waals surface area contributed by atoms with E-state index >= 15 is 0 Å². The number of nitrogens with zero attached hydrogens (tertiary/aromatic N) is 5. The van der Waals surface area contributed by atoms with Crippen LogP contribution in [-0.4, -0.2) is 54.0 Å². The maximum atomic E-state index is 12.7. The first kappa shape index (κ1) is 21.1. The first-order valence-corrected chi connectivity index (χ1v) is 8.42. The zero-order valence-electron chi connectivity index (χ0n) is 16.6. The monoisotopic (exact) mass is 393 g/mol. The number of aliphatic carboxylic acids is 1. The summed E-state index contributed by atoms with van der Waals surface area (Å²) in [6.45, 7) is 9.49. The molecule has 0 aliphatic rings. The molecule has 0 saturated carbocycles. The first-order valence-electron chi connectivity index (χ1n) is 8.42. The van der Waals surface area contributed by atoms with E-state index in [0.29, 0.717) is 4.90 Å². The molecule has 0 spiro atoms. The lowest BCUT2D eigenvalue weighted by molar-refractivity contribution is -0.137. The summed E-state index contributed by atoms with van der Waals surface area (Å²) in [5.41, 5.74) is -1.57. The van der Waals surface area contributed by atoms with E-state index in [1.54, 1.807) is 41.5 Å². The number of carbonyl (C=O) groups is 3. The van der Waals surface area contributed by atoms with Crippen LogP contribution < -0.4 is 4.90 Å². The number of carboxylic acid groups (broad SMARTS) is 1. The van der Waals surface area contributed by atoms with Gasteiger partial charge in [0.05, 0.1) is 6.33 Å². The Morgan fingerprint density at radius 1 is 1.00 bits per heavy atom. The normalized spacial score (nSPS) is 11.9. The lowest BCUT2D eigenvalue weighted by atomic mass is 10.2. The maximum Gasteiger partial charge on any atom is 0.425 e. The van der Waals surface area contributed by atoms with Crippen molar-refractivity contribution in [1.82, 2.24) is 19.5 Å². The number of rotatable bonds is 3. The Balaban J connectivity index is 2.56. The number of carbonyl (C=O) groups excluding carboxylic acids is 2. The number of ether oxygens (including phenoxy) is 2. The van der Waals surface area contributed by atoms with E-state index in [0.717, 1.165) is 6.33 Å². The van der Waals surface area contributed by atoms with E-state index in [-0.39, 0.29) is 17.0 Å². The van der Waals surface area contributed by atoms with Gasteiger partial charge in [0, 0.05) is 0 Å². The van der Waals surface area contributed by atoms with E-state index in [9.17, 15) is 14.4 Å². The molecule has 0 unspecified atom stereocenters. The molecule has 2 aromatic heterocycles. The number of amides is 2. The third-order valence-corrected chi connectivity index (χ3v) is 3.05. The number of imide groups is 1. The Kier molecular flexibility index (Phi) is 5.57. The molecule has 28 heavy (non-hydrogen) atoms. The van der Waals surface area contributed by atoms with E-state index in [4.69, 9.17) is 14.6 Å². The summed E-state index contributed by atoms with van der Waals surface area (Å²) in [7, 11) is 0. The molecule has 0 fully saturated rings. The minimum Gasteiger partial charge on any atom is -0.480 e. The van der Waals surface area contributed by atoms with Gasteiger partial charge < -0.3 is 19.1 Å². The van der Waals surface area contributed by atoms with E-state index in [1.807, 2.05) is 0 Å². The molecule has 11 heteroatoms. The van der Waals surface area contributed by atoms with Crippen molar-refractivity contribution in [3.05, 3.63) is 12.7 Å². The second kappa shape index (κ2) is 7.41. The molecular weight excluding hydrogens is 370 g/mol. The minimum absolute atomic E-state index is 0.0560. The van der Waals surface area contributed by atoms with Crippen LogP contribution in [0.25, 0.3) is 11.2 Å². The van der Waals surface area contributed by atoms with Gasteiger partial charge in [0.15, 0.2) is 17.0 Å². The van der Waals surface area contributed by atoms with Gasteiger partial charge in [-0.2, -0.15) is 4.90 Å². The summed E-state index contributed by atoms with van der Waals surface area (Å²) in [4.78, 5) is 49.1. The summed E-state index contributed by atoms with van der Waals surface area (Å²) in [5.74, 6) is -1.27. The topological polar surface area (TPSA) is 137 Å². The van der Waals surface area contributed by atoms with E-state index in [2.05, 4.69) is 15.0 Å². The van der Waals surface area contributed by atoms with Crippen molar-refractivity contribution in [2.24, 2.45) is 0 Å². The molecule has 0 aliphatic heterocycles. The minimum atomic E-state index is -1.10. The quantitative estimate of drug-likeness (QED) is 0.834. The predicted molar refractivity (Wildman–Crippen MR) is 97.9 cm³/mol. The number of fused-ring (bicyclic) bond motifs is 1. The summed E-state index contributed by atoms with van der Waals surface area (Å²) >= 11 is 0. The third kappa shape index (κ3) is 5.15. The van der Waals surface area contributed by atoms with Crippen LogP contribution in [-0.2, 0) is 20.8 Å². The maximum absolute atomic E-state index is 12.7. The zero-order valence-corrected chi connectivity index (χ0v) is 16.6. The molecule has 2 amide bonds. The SMILES string of the molecule is CC(C)(C)OC(=O)N(C(=O)OC(C)(C)C)c1ncnc2c1ncn2CC(=O)O. The summed E-state index contributed by atoms with van der Waals surface area (Å²) < 4.78 is 11.9. The standard InChI is InChI=1S/C17H23N5O6/c1-16(2,3)27-14(25)22(15(26)28-17(4,5)6)13-11-12(18-8-19-13)21(9-20-11)7-10(23)24/h8-9H,7H2,1-6H3,(H,23,24). The lowest BCUT2D eigenvalue weighted by Gasteiger charge is -2.28. The number of anilines is 1. The van der Waals surface area contributed by atoms with E-state index in [1.165, 1.54) is 10.9 Å². The van der Waals surface area contributed by atoms with Gasteiger partial charge in [-0.05, 0) is 41.5 Å². The number of carboxylic acids is 1. The van der Waals surface area contributed by atoms with Gasteiger partial charge in [0.2, 0.25) is 0 Å². The fraction of sp³-hybridized carbons (Fsp3) is 0.529. The number of hydrogen-bond acceptors (Lipinski definition) is 8. The zero-order chi connectivity index (χ0) is 21.3. The largest absolute Gasteiger partial charge is 0.480 e. The number of hydrogen-bond donors (Lipinski definition) is 1. The molecule has 2 aromatic rings. The van der Waals surface area contributed by atoms with Crippen LogP contribution >= 0.6 is 0 Å². The molecule has 0 atom stereocenters. The summed E-state index contributed by atoms with van der Waals surface area (Å²) in [6.07, 6.45) is 0.322. The first-order chi connectivity index (χ1) is 12.8. The Hall–Kier alpha value is -3.24. The summed E-state index contributed by atoms with van der Waals surface area (Å²) in [6, 6.07) is 0. The van der Waals surface area contributed by atoms with Gasteiger partial charge in [0.25, 0.3) is 0 Å². The Morgan fingerprint density at radius 2 is 1.54 bits per heavy atom. The molecule has 1 N–H and O–H groups in total. The molecule has 152 valence electrons. The number of aromatic nitrogens is 4. The molecule has 0 radical (unpaired) electrons. The average Bonchev–Trinajstić information content (AvgIpc) is 2.87. The Labute approximate surface area is 161 Å². The fourth-order valence-electron chi connectivity index (χ4n) is 2.16. The number of imidazole rings is 1. The molecule has 0 aromatic carbocycles. The highest BCUT2D eigenvalue weighted by molar-refractivity contribution is 6.12. The second-order valence-corrected chi connectivity index (χ2v) is 7.93. The van der Waals surface area contributed by atoms with Crippen molar-refractivity contribution in [2.45, 2.75) is 59.3 Å². The lowest BCUT2D eigenvalue weighted by Crippen LogP contribution is -2.44. The molecular formula is C17H23N5O6. The van der Waals surface area contributed by atoms with Gasteiger partial charge >= 0.3 is 18.2 Å². The van der Waals surface area contributed by atoms with Crippen LogP contribution in [0.2, 0.25) is 0 Å². The van der Waals surface area contributed by atoms with Gasteiger partial charge in [-0.1, -0.05) is 0 Å². The molecule has 0 saturated heterocycles.